The van der Waals surface area contributed by atoms with Crippen LogP contribution in [0.3, 0.4) is 0 Å². The summed E-state index contributed by atoms with van der Waals surface area (Å²) in [6.45, 7) is 0. The third-order valence-corrected chi connectivity index (χ3v) is 3.40. The van der Waals surface area contributed by atoms with Crippen LogP contribution in [-0.4, -0.2) is 11.1 Å². The third-order valence-electron chi connectivity index (χ3n) is 3.18. The van der Waals surface area contributed by atoms with E-state index >= 15 is 0 Å². The van der Waals surface area contributed by atoms with Gasteiger partial charge in [-0.05, 0) is 36.6 Å². The average Bonchev–Trinajstić information content (AvgIpc) is 2.95. The SMILES string of the molecule is O=C(O)CC1(c2cc(Cl)cc(C(F)(F)F)c2)CC1. The lowest BCUT2D eigenvalue weighted by molar-refractivity contribution is -0.138. The quantitative estimate of drug-likeness (QED) is 0.911. The van der Waals surface area contributed by atoms with Crippen LogP contribution >= 0.6 is 11.6 Å². The second-order valence-corrected chi connectivity index (χ2v) is 5.01. The number of alkyl halides is 3. The molecule has 1 aromatic rings. The first-order valence-electron chi connectivity index (χ1n) is 5.33. The molecule has 0 radical (unpaired) electrons. The van der Waals surface area contributed by atoms with Crippen molar-refractivity contribution in [3.8, 4) is 0 Å². The zero-order valence-corrected chi connectivity index (χ0v) is 9.98. The first-order valence-corrected chi connectivity index (χ1v) is 5.71. The molecule has 18 heavy (non-hydrogen) atoms. The molecule has 0 amide bonds. The number of rotatable bonds is 3. The fraction of sp³-hybridized carbons (Fsp3) is 0.417. The number of halogens is 4. The van der Waals surface area contributed by atoms with Crippen molar-refractivity contribution in [2.24, 2.45) is 0 Å². The fourth-order valence-electron chi connectivity index (χ4n) is 2.07. The van der Waals surface area contributed by atoms with Gasteiger partial charge in [0.05, 0.1) is 12.0 Å². The summed E-state index contributed by atoms with van der Waals surface area (Å²) in [6, 6.07) is 3.27. The van der Waals surface area contributed by atoms with E-state index in [0.717, 1.165) is 12.1 Å². The van der Waals surface area contributed by atoms with Crippen molar-refractivity contribution >= 4 is 17.6 Å². The minimum absolute atomic E-state index is 0.0171. The fourth-order valence-corrected chi connectivity index (χ4v) is 2.30. The minimum atomic E-state index is -4.47. The normalized spacial score (nSPS) is 17.6. The molecule has 1 aliphatic carbocycles. The highest BCUT2D eigenvalue weighted by Gasteiger charge is 2.47. The zero-order valence-electron chi connectivity index (χ0n) is 9.22. The number of carboxylic acid groups (broad SMARTS) is 1. The lowest BCUT2D eigenvalue weighted by atomic mass is 9.91. The molecule has 2 rings (SSSR count). The highest BCUT2D eigenvalue weighted by atomic mass is 35.5. The first kappa shape index (κ1) is 13.2. The Morgan fingerprint density at radius 3 is 2.39 bits per heavy atom. The predicted octanol–water partition coefficient (Wildman–Crippen LogP) is 3.87. The van der Waals surface area contributed by atoms with Crippen molar-refractivity contribution in [1.29, 1.82) is 0 Å². The average molecular weight is 279 g/mol. The number of aliphatic carboxylic acids is 1. The molecule has 0 aliphatic heterocycles. The molecule has 1 aliphatic rings. The van der Waals surface area contributed by atoms with E-state index < -0.39 is 23.1 Å². The summed E-state index contributed by atoms with van der Waals surface area (Å²) in [4.78, 5) is 10.7. The van der Waals surface area contributed by atoms with Crippen molar-refractivity contribution in [3.63, 3.8) is 0 Å². The van der Waals surface area contributed by atoms with E-state index in [1.807, 2.05) is 0 Å². The summed E-state index contributed by atoms with van der Waals surface area (Å²) >= 11 is 5.68. The van der Waals surface area contributed by atoms with Gasteiger partial charge in [-0.2, -0.15) is 13.2 Å². The lowest BCUT2D eigenvalue weighted by Gasteiger charge is -2.16. The van der Waals surface area contributed by atoms with Gasteiger partial charge in [0.1, 0.15) is 0 Å². The molecular formula is C12H10ClF3O2. The van der Waals surface area contributed by atoms with Gasteiger partial charge in [0.25, 0.3) is 0 Å². The molecule has 1 aromatic carbocycles. The van der Waals surface area contributed by atoms with Crippen LogP contribution < -0.4 is 0 Å². The molecule has 1 fully saturated rings. The highest BCUT2D eigenvalue weighted by molar-refractivity contribution is 6.30. The van der Waals surface area contributed by atoms with Gasteiger partial charge in [-0.3, -0.25) is 4.79 Å². The number of hydrogen-bond donors (Lipinski definition) is 1. The van der Waals surface area contributed by atoms with E-state index in [4.69, 9.17) is 16.7 Å². The van der Waals surface area contributed by atoms with Gasteiger partial charge in [0, 0.05) is 10.4 Å². The molecule has 0 heterocycles. The van der Waals surface area contributed by atoms with Crippen molar-refractivity contribution < 1.29 is 23.1 Å². The second kappa shape index (κ2) is 4.16. The Balaban J connectivity index is 2.40. The molecule has 6 heteroatoms. The van der Waals surface area contributed by atoms with E-state index in [-0.39, 0.29) is 11.4 Å². The topological polar surface area (TPSA) is 37.3 Å². The van der Waals surface area contributed by atoms with E-state index in [1.54, 1.807) is 0 Å². The molecule has 0 atom stereocenters. The molecule has 0 unspecified atom stereocenters. The summed E-state index contributed by atoms with van der Waals surface area (Å²) in [5, 5.41) is 8.78. The Morgan fingerprint density at radius 1 is 1.33 bits per heavy atom. The Kier molecular flexibility index (Phi) is 3.05. The molecular weight excluding hydrogens is 269 g/mol. The van der Waals surface area contributed by atoms with Gasteiger partial charge in [0.2, 0.25) is 0 Å². The molecule has 0 saturated heterocycles. The summed E-state index contributed by atoms with van der Waals surface area (Å²) in [6.07, 6.45) is -3.47. The first-order chi connectivity index (χ1) is 8.23. The van der Waals surface area contributed by atoms with Crippen molar-refractivity contribution in [2.75, 3.05) is 0 Å². The van der Waals surface area contributed by atoms with Gasteiger partial charge >= 0.3 is 12.1 Å². The van der Waals surface area contributed by atoms with Gasteiger partial charge in [-0.25, -0.2) is 0 Å². The van der Waals surface area contributed by atoms with Crippen LogP contribution in [0, 0.1) is 0 Å². The van der Waals surface area contributed by atoms with Gasteiger partial charge in [0.15, 0.2) is 0 Å². The third kappa shape index (κ3) is 2.61. The molecule has 0 aromatic heterocycles. The number of carbonyl (C=O) groups is 1. The Bertz CT molecular complexity index is 493. The van der Waals surface area contributed by atoms with E-state index in [0.29, 0.717) is 18.4 Å². The van der Waals surface area contributed by atoms with E-state index in [1.165, 1.54) is 6.07 Å². The molecule has 0 bridgehead atoms. The van der Waals surface area contributed by atoms with Gasteiger partial charge in [-0.1, -0.05) is 11.6 Å². The lowest BCUT2D eigenvalue weighted by Crippen LogP contribution is -2.14. The Morgan fingerprint density at radius 2 is 1.94 bits per heavy atom. The molecule has 98 valence electrons. The summed E-state index contributed by atoms with van der Waals surface area (Å²) < 4.78 is 37.9. The molecule has 0 spiro atoms. The van der Waals surface area contributed by atoms with Crippen LogP contribution in [-0.2, 0) is 16.4 Å². The minimum Gasteiger partial charge on any atom is -0.481 e. The smallest absolute Gasteiger partial charge is 0.416 e. The van der Waals surface area contributed by atoms with E-state index in [9.17, 15) is 18.0 Å². The van der Waals surface area contributed by atoms with Crippen LogP contribution in [0.25, 0.3) is 0 Å². The van der Waals surface area contributed by atoms with Crippen molar-refractivity contribution in [3.05, 3.63) is 34.3 Å². The summed E-state index contributed by atoms with van der Waals surface area (Å²) in [7, 11) is 0. The Labute approximate surface area is 106 Å². The van der Waals surface area contributed by atoms with E-state index in [2.05, 4.69) is 0 Å². The molecule has 2 nitrogen and oxygen atoms in total. The Hall–Kier alpha value is -1.23. The van der Waals surface area contributed by atoms with Crippen LogP contribution in [0.2, 0.25) is 5.02 Å². The van der Waals surface area contributed by atoms with Crippen LogP contribution in [0.15, 0.2) is 18.2 Å². The maximum Gasteiger partial charge on any atom is 0.416 e. The molecule has 1 saturated carbocycles. The van der Waals surface area contributed by atoms with Crippen LogP contribution in [0.5, 0.6) is 0 Å². The van der Waals surface area contributed by atoms with Crippen molar-refractivity contribution in [2.45, 2.75) is 30.9 Å². The maximum absolute atomic E-state index is 12.6. The van der Waals surface area contributed by atoms with Crippen LogP contribution in [0.4, 0.5) is 13.2 Å². The standard InChI is InChI=1S/C12H10ClF3O2/c13-9-4-7(3-8(5-9)12(14,15)16)11(1-2-11)6-10(17)18/h3-5H,1-2,6H2,(H,17,18). The largest absolute Gasteiger partial charge is 0.481 e. The molecule has 1 N–H and O–H groups in total. The second-order valence-electron chi connectivity index (χ2n) is 4.58. The monoisotopic (exact) mass is 278 g/mol. The number of benzene rings is 1. The van der Waals surface area contributed by atoms with Crippen LogP contribution in [0.1, 0.15) is 30.4 Å². The summed E-state index contributed by atoms with van der Waals surface area (Å²) in [5.74, 6) is -1.01. The number of hydrogen-bond acceptors (Lipinski definition) is 1. The summed E-state index contributed by atoms with van der Waals surface area (Å²) in [5.41, 5.74) is -1.14. The van der Waals surface area contributed by atoms with Gasteiger partial charge in [-0.15, -0.1) is 0 Å². The van der Waals surface area contributed by atoms with Gasteiger partial charge < -0.3 is 5.11 Å². The maximum atomic E-state index is 12.6. The van der Waals surface area contributed by atoms with Crippen molar-refractivity contribution in [1.82, 2.24) is 0 Å². The zero-order chi connectivity index (χ0) is 13.6. The number of carboxylic acids is 1. The predicted molar refractivity (Wildman–Crippen MR) is 59.6 cm³/mol. The highest BCUT2D eigenvalue weighted by Crippen LogP contribution is 2.52.